The molecular formula is C9H9N3OS. The van der Waals surface area contributed by atoms with Crippen molar-refractivity contribution < 1.29 is 4.79 Å². The number of thiazole rings is 1. The first-order valence-electron chi connectivity index (χ1n) is 4.16. The molecule has 4 nitrogen and oxygen atoms in total. The van der Waals surface area contributed by atoms with Gasteiger partial charge in [0.15, 0.2) is 0 Å². The molecule has 2 aromatic rings. The molecule has 0 bridgehead atoms. The topological polar surface area (TPSA) is 47.8 Å². The van der Waals surface area contributed by atoms with E-state index in [-0.39, 0.29) is 5.78 Å². The van der Waals surface area contributed by atoms with Crippen LogP contribution in [0.3, 0.4) is 0 Å². The van der Waals surface area contributed by atoms with Crippen molar-refractivity contribution in [2.24, 2.45) is 0 Å². The van der Waals surface area contributed by atoms with Crippen LogP contribution in [0.2, 0.25) is 0 Å². The summed E-state index contributed by atoms with van der Waals surface area (Å²) in [5, 5.41) is 1.76. The number of Topliss-reactive ketones (excluding diaryl/α,β-unsaturated/α-hetero) is 1. The van der Waals surface area contributed by atoms with Crippen LogP contribution in [0.25, 0.3) is 0 Å². The molecule has 0 aromatic carbocycles. The number of nitrogens with zero attached hydrogens (tertiary/aromatic N) is 3. The van der Waals surface area contributed by atoms with E-state index in [1.165, 1.54) is 11.3 Å². The molecule has 0 amide bonds. The summed E-state index contributed by atoms with van der Waals surface area (Å²) in [5.41, 5.74) is 2.19. The van der Waals surface area contributed by atoms with Crippen molar-refractivity contribution in [1.82, 2.24) is 14.5 Å². The molecule has 2 rings (SSSR count). The number of hydrogen-bond acceptors (Lipinski definition) is 4. The van der Waals surface area contributed by atoms with Crippen LogP contribution in [0.4, 0.5) is 0 Å². The zero-order valence-corrected chi connectivity index (χ0v) is 8.49. The molecule has 0 aliphatic heterocycles. The van der Waals surface area contributed by atoms with Crippen molar-refractivity contribution >= 4 is 17.1 Å². The number of aryl methyl sites for hydroxylation is 1. The monoisotopic (exact) mass is 207 g/mol. The molecular weight excluding hydrogens is 198 g/mol. The number of carbonyl (C=O) groups is 1. The first-order valence-corrected chi connectivity index (χ1v) is 5.11. The highest BCUT2D eigenvalue weighted by Gasteiger charge is 2.09. The Hall–Kier alpha value is -1.49. The first-order chi connectivity index (χ1) is 6.77. The Bertz CT molecular complexity index is 433. The van der Waals surface area contributed by atoms with E-state index in [9.17, 15) is 4.79 Å². The SMILES string of the molecule is Cc1nccn1CC(=O)c1cscn1. The van der Waals surface area contributed by atoms with E-state index >= 15 is 0 Å². The largest absolute Gasteiger partial charge is 0.327 e. The fourth-order valence-electron chi connectivity index (χ4n) is 1.16. The molecule has 72 valence electrons. The third-order valence-electron chi connectivity index (χ3n) is 1.96. The summed E-state index contributed by atoms with van der Waals surface area (Å²) >= 11 is 1.43. The predicted molar refractivity (Wildman–Crippen MR) is 53.4 cm³/mol. The van der Waals surface area contributed by atoms with Crippen LogP contribution >= 0.6 is 11.3 Å². The van der Waals surface area contributed by atoms with Crippen LogP contribution in [0, 0.1) is 6.92 Å². The van der Waals surface area contributed by atoms with E-state index in [2.05, 4.69) is 9.97 Å². The van der Waals surface area contributed by atoms with Crippen molar-refractivity contribution in [2.75, 3.05) is 0 Å². The zero-order valence-electron chi connectivity index (χ0n) is 7.67. The Morgan fingerprint density at radius 2 is 2.43 bits per heavy atom. The summed E-state index contributed by atoms with van der Waals surface area (Å²) in [6, 6.07) is 0. The van der Waals surface area contributed by atoms with E-state index in [1.54, 1.807) is 23.3 Å². The summed E-state index contributed by atoms with van der Waals surface area (Å²) in [4.78, 5) is 19.6. The molecule has 0 radical (unpaired) electrons. The van der Waals surface area contributed by atoms with Crippen molar-refractivity contribution in [1.29, 1.82) is 0 Å². The third-order valence-corrected chi connectivity index (χ3v) is 2.54. The average molecular weight is 207 g/mol. The number of aromatic nitrogens is 3. The molecule has 0 N–H and O–H groups in total. The Balaban J connectivity index is 2.13. The maximum atomic E-state index is 11.6. The molecule has 0 saturated heterocycles. The zero-order chi connectivity index (χ0) is 9.97. The summed E-state index contributed by atoms with van der Waals surface area (Å²) in [6.45, 7) is 2.18. The summed E-state index contributed by atoms with van der Waals surface area (Å²) < 4.78 is 1.81. The highest BCUT2D eigenvalue weighted by Crippen LogP contribution is 2.04. The van der Waals surface area contributed by atoms with E-state index in [0.29, 0.717) is 12.2 Å². The Labute approximate surface area is 85.2 Å². The lowest BCUT2D eigenvalue weighted by atomic mass is 10.3. The van der Waals surface area contributed by atoms with Crippen molar-refractivity contribution in [3.8, 4) is 0 Å². The Morgan fingerprint density at radius 3 is 3.00 bits per heavy atom. The van der Waals surface area contributed by atoms with Gasteiger partial charge in [-0.2, -0.15) is 0 Å². The van der Waals surface area contributed by atoms with E-state index in [0.717, 1.165) is 5.82 Å². The number of hydrogen-bond donors (Lipinski definition) is 0. The normalized spacial score (nSPS) is 10.4. The number of carbonyl (C=O) groups excluding carboxylic acids is 1. The lowest BCUT2D eigenvalue weighted by molar-refractivity contribution is 0.0967. The van der Waals surface area contributed by atoms with Gasteiger partial charge in [0.05, 0.1) is 12.1 Å². The van der Waals surface area contributed by atoms with Gasteiger partial charge < -0.3 is 4.57 Å². The Kier molecular flexibility index (Phi) is 2.41. The Morgan fingerprint density at radius 1 is 1.57 bits per heavy atom. The minimum Gasteiger partial charge on any atom is -0.327 e. The first kappa shape index (κ1) is 9.08. The van der Waals surface area contributed by atoms with Crippen molar-refractivity contribution in [3.05, 3.63) is 34.8 Å². The van der Waals surface area contributed by atoms with Gasteiger partial charge in [-0.05, 0) is 6.92 Å². The molecule has 2 aromatic heterocycles. The van der Waals surface area contributed by atoms with Crippen LogP contribution in [0.5, 0.6) is 0 Å². The summed E-state index contributed by atoms with van der Waals surface area (Å²) in [5.74, 6) is 0.862. The fourth-order valence-corrected chi connectivity index (χ4v) is 1.71. The average Bonchev–Trinajstić information content (AvgIpc) is 2.77. The van der Waals surface area contributed by atoms with Gasteiger partial charge in [-0.3, -0.25) is 4.79 Å². The van der Waals surface area contributed by atoms with Gasteiger partial charge in [0, 0.05) is 17.8 Å². The highest BCUT2D eigenvalue weighted by molar-refractivity contribution is 7.07. The third kappa shape index (κ3) is 1.72. The van der Waals surface area contributed by atoms with Gasteiger partial charge in [0.25, 0.3) is 0 Å². The molecule has 0 aliphatic carbocycles. The second kappa shape index (κ2) is 3.71. The van der Waals surface area contributed by atoms with Crippen LogP contribution in [0.15, 0.2) is 23.3 Å². The maximum absolute atomic E-state index is 11.6. The van der Waals surface area contributed by atoms with Gasteiger partial charge in [-0.1, -0.05) is 0 Å². The molecule has 14 heavy (non-hydrogen) atoms. The summed E-state index contributed by atoms with van der Waals surface area (Å²) in [7, 11) is 0. The number of rotatable bonds is 3. The van der Waals surface area contributed by atoms with Crippen LogP contribution in [-0.4, -0.2) is 20.3 Å². The molecule has 0 spiro atoms. The van der Waals surface area contributed by atoms with Crippen molar-refractivity contribution in [3.63, 3.8) is 0 Å². The minimum absolute atomic E-state index is 0.0207. The second-order valence-electron chi connectivity index (χ2n) is 2.90. The number of imidazole rings is 1. The van der Waals surface area contributed by atoms with Gasteiger partial charge in [-0.25, -0.2) is 9.97 Å². The lowest BCUT2D eigenvalue weighted by Gasteiger charge is -2.01. The smallest absolute Gasteiger partial charge is 0.201 e. The highest BCUT2D eigenvalue weighted by atomic mass is 32.1. The molecule has 0 unspecified atom stereocenters. The van der Waals surface area contributed by atoms with Crippen LogP contribution in [0.1, 0.15) is 16.3 Å². The quantitative estimate of drug-likeness (QED) is 0.717. The molecule has 0 aliphatic rings. The van der Waals surface area contributed by atoms with Gasteiger partial charge in [0.2, 0.25) is 5.78 Å². The van der Waals surface area contributed by atoms with Gasteiger partial charge in [0.1, 0.15) is 11.5 Å². The maximum Gasteiger partial charge on any atom is 0.201 e. The van der Waals surface area contributed by atoms with E-state index in [1.807, 2.05) is 11.5 Å². The van der Waals surface area contributed by atoms with Crippen LogP contribution < -0.4 is 0 Å². The van der Waals surface area contributed by atoms with Crippen LogP contribution in [-0.2, 0) is 6.54 Å². The van der Waals surface area contributed by atoms with E-state index < -0.39 is 0 Å². The van der Waals surface area contributed by atoms with E-state index in [4.69, 9.17) is 0 Å². The molecule has 0 atom stereocenters. The fraction of sp³-hybridized carbons (Fsp3) is 0.222. The standard InChI is InChI=1S/C9H9N3OS/c1-7-10-2-3-12(7)4-9(13)8-5-14-6-11-8/h2-3,5-6H,4H2,1H3. The molecule has 0 saturated carbocycles. The lowest BCUT2D eigenvalue weighted by Crippen LogP contribution is -2.11. The second-order valence-corrected chi connectivity index (χ2v) is 3.62. The minimum atomic E-state index is 0.0207. The van der Waals surface area contributed by atoms with Crippen molar-refractivity contribution in [2.45, 2.75) is 13.5 Å². The molecule has 5 heteroatoms. The van der Waals surface area contributed by atoms with Gasteiger partial charge >= 0.3 is 0 Å². The molecule has 2 heterocycles. The summed E-state index contributed by atoms with van der Waals surface area (Å²) in [6.07, 6.45) is 3.48. The number of ketones is 1. The van der Waals surface area contributed by atoms with Gasteiger partial charge in [-0.15, -0.1) is 11.3 Å². The predicted octanol–water partition coefficient (Wildman–Crippen LogP) is 1.53. The molecule has 0 fully saturated rings.